The van der Waals surface area contributed by atoms with Crippen LogP contribution in [-0.2, 0) is 0 Å². The van der Waals surface area contributed by atoms with E-state index in [0.717, 1.165) is 9.90 Å². The van der Waals surface area contributed by atoms with Crippen molar-refractivity contribution in [2.24, 2.45) is 5.41 Å². The highest BCUT2D eigenvalue weighted by molar-refractivity contribution is 9.09. The number of thiophene rings is 1. The summed E-state index contributed by atoms with van der Waals surface area (Å²) in [5.74, 6) is 0. The van der Waals surface area contributed by atoms with Crippen molar-refractivity contribution in [2.75, 3.05) is 0 Å². The third kappa shape index (κ3) is 1.55. The molecule has 2 rings (SSSR count). The molecule has 1 aliphatic rings. The lowest BCUT2D eigenvalue weighted by molar-refractivity contribution is 0.376. The molecule has 4 heteroatoms. The van der Waals surface area contributed by atoms with E-state index in [2.05, 4.69) is 15.9 Å². The second-order valence-electron chi connectivity index (χ2n) is 3.67. The fraction of sp³-hybridized carbons (Fsp3) is 0.556. The van der Waals surface area contributed by atoms with Crippen LogP contribution in [0.2, 0.25) is 5.02 Å². The van der Waals surface area contributed by atoms with Crippen molar-refractivity contribution >= 4 is 38.9 Å². The predicted octanol–water partition coefficient (Wildman–Crippen LogP) is 4.59. The maximum Gasteiger partial charge on any atom is 0.108 e. The highest BCUT2D eigenvalue weighted by Crippen LogP contribution is 2.61. The standard InChI is InChI=1S/C9H9BrClFS/c1-9(4-6(9)12)8(10)7-5(11)2-3-13-7/h2-3,6,8H,4H2,1H3. The topological polar surface area (TPSA) is 0 Å². The summed E-state index contributed by atoms with van der Waals surface area (Å²) in [6.07, 6.45) is -0.0491. The number of hydrogen-bond donors (Lipinski definition) is 0. The summed E-state index contributed by atoms with van der Waals surface area (Å²) in [5.41, 5.74) is -0.242. The van der Waals surface area contributed by atoms with Gasteiger partial charge < -0.3 is 0 Å². The highest BCUT2D eigenvalue weighted by atomic mass is 79.9. The van der Waals surface area contributed by atoms with Crippen LogP contribution in [0.5, 0.6) is 0 Å². The molecule has 72 valence electrons. The van der Waals surface area contributed by atoms with Crippen LogP contribution in [0.3, 0.4) is 0 Å². The molecule has 1 aromatic rings. The zero-order chi connectivity index (χ0) is 9.64. The lowest BCUT2D eigenvalue weighted by atomic mass is 10.0. The predicted molar refractivity (Wildman–Crippen MR) is 58.6 cm³/mol. The third-order valence-electron chi connectivity index (χ3n) is 2.63. The van der Waals surface area contributed by atoms with Gasteiger partial charge >= 0.3 is 0 Å². The minimum absolute atomic E-state index is 0.0579. The molecule has 0 N–H and O–H groups in total. The molecule has 0 saturated heterocycles. The van der Waals surface area contributed by atoms with Crippen LogP contribution < -0.4 is 0 Å². The molecule has 1 saturated carbocycles. The van der Waals surface area contributed by atoms with Gasteiger partial charge in [-0.1, -0.05) is 34.5 Å². The normalized spacial score (nSPS) is 34.6. The van der Waals surface area contributed by atoms with Gasteiger partial charge in [-0.05, 0) is 17.9 Å². The fourth-order valence-corrected chi connectivity index (χ4v) is 3.85. The Bertz CT molecular complexity index is 327. The number of halogens is 3. The lowest BCUT2D eigenvalue weighted by Crippen LogP contribution is -2.06. The van der Waals surface area contributed by atoms with Crippen LogP contribution in [0.4, 0.5) is 4.39 Å². The molecular weight excluding hydrogens is 275 g/mol. The van der Waals surface area contributed by atoms with Gasteiger partial charge in [0.15, 0.2) is 0 Å². The molecule has 0 radical (unpaired) electrons. The van der Waals surface area contributed by atoms with Gasteiger partial charge in [0.2, 0.25) is 0 Å². The third-order valence-corrected chi connectivity index (χ3v) is 5.86. The SMILES string of the molecule is CC1(C(Br)c2sccc2Cl)CC1F. The second kappa shape index (κ2) is 3.21. The number of rotatable bonds is 2. The highest BCUT2D eigenvalue weighted by Gasteiger charge is 2.56. The van der Waals surface area contributed by atoms with E-state index < -0.39 is 6.17 Å². The van der Waals surface area contributed by atoms with Crippen molar-refractivity contribution in [3.63, 3.8) is 0 Å². The van der Waals surface area contributed by atoms with Crippen molar-refractivity contribution in [3.05, 3.63) is 21.3 Å². The Labute approximate surface area is 94.2 Å². The zero-order valence-corrected chi connectivity index (χ0v) is 10.2. The Morgan fingerprint density at radius 2 is 2.46 bits per heavy atom. The van der Waals surface area contributed by atoms with E-state index in [1.165, 1.54) is 0 Å². The van der Waals surface area contributed by atoms with Gasteiger partial charge in [0.25, 0.3) is 0 Å². The monoisotopic (exact) mass is 282 g/mol. The molecule has 0 amide bonds. The molecule has 0 bridgehead atoms. The first-order valence-corrected chi connectivity index (χ1v) is 6.24. The van der Waals surface area contributed by atoms with Crippen molar-refractivity contribution in [2.45, 2.75) is 24.3 Å². The molecule has 3 unspecified atom stereocenters. The van der Waals surface area contributed by atoms with Crippen LogP contribution in [0, 0.1) is 5.41 Å². The maximum absolute atomic E-state index is 13.1. The summed E-state index contributed by atoms with van der Waals surface area (Å²) in [6.45, 7) is 1.95. The molecule has 0 nitrogen and oxygen atoms in total. The van der Waals surface area contributed by atoms with E-state index in [-0.39, 0.29) is 10.2 Å². The molecule has 0 aliphatic heterocycles. The summed E-state index contributed by atoms with van der Waals surface area (Å²) < 4.78 is 13.1. The second-order valence-corrected chi connectivity index (χ2v) is 5.94. The maximum atomic E-state index is 13.1. The quantitative estimate of drug-likeness (QED) is 0.697. The van der Waals surface area contributed by atoms with E-state index >= 15 is 0 Å². The van der Waals surface area contributed by atoms with Crippen molar-refractivity contribution < 1.29 is 4.39 Å². The first-order chi connectivity index (χ1) is 6.05. The first kappa shape index (κ1) is 9.94. The van der Waals surface area contributed by atoms with Crippen LogP contribution in [0.1, 0.15) is 23.0 Å². The Kier molecular flexibility index (Phi) is 2.45. The van der Waals surface area contributed by atoms with Gasteiger partial charge in [0.1, 0.15) is 6.17 Å². The van der Waals surface area contributed by atoms with E-state index in [9.17, 15) is 4.39 Å². The smallest absolute Gasteiger partial charge is 0.108 e. The molecule has 0 aromatic carbocycles. The largest absolute Gasteiger partial charge is 0.247 e. The molecule has 1 heterocycles. The Morgan fingerprint density at radius 3 is 2.85 bits per heavy atom. The molecule has 1 aliphatic carbocycles. The van der Waals surface area contributed by atoms with Gasteiger partial charge in [0, 0.05) is 10.3 Å². The van der Waals surface area contributed by atoms with Crippen molar-refractivity contribution in [3.8, 4) is 0 Å². The van der Waals surface area contributed by atoms with Crippen molar-refractivity contribution in [1.29, 1.82) is 0 Å². The number of hydrogen-bond acceptors (Lipinski definition) is 1. The molecule has 1 aromatic heterocycles. The lowest BCUT2D eigenvalue weighted by Gasteiger charge is -2.15. The minimum atomic E-state index is -0.685. The molecule has 1 fully saturated rings. The average Bonchev–Trinajstić information content (AvgIpc) is 2.52. The Morgan fingerprint density at radius 1 is 1.85 bits per heavy atom. The average molecular weight is 284 g/mol. The van der Waals surface area contributed by atoms with Gasteiger partial charge in [-0.15, -0.1) is 11.3 Å². The van der Waals surface area contributed by atoms with Gasteiger partial charge in [-0.2, -0.15) is 0 Å². The van der Waals surface area contributed by atoms with Crippen LogP contribution in [0.25, 0.3) is 0 Å². The van der Waals surface area contributed by atoms with Crippen LogP contribution in [-0.4, -0.2) is 6.17 Å². The van der Waals surface area contributed by atoms with E-state index in [1.807, 2.05) is 18.4 Å². The molecule has 3 atom stereocenters. The van der Waals surface area contributed by atoms with Gasteiger partial charge in [-0.3, -0.25) is 0 Å². The fourth-order valence-electron chi connectivity index (χ4n) is 1.38. The molecule has 0 spiro atoms. The Hall–Kier alpha value is 0.400. The minimum Gasteiger partial charge on any atom is -0.247 e. The first-order valence-electron chi connectivity index (χ1n) is 4.07. The zero-order valence-electron chi connectivity index (χ0n) is 7.06. The van der Waals surface area contributed by atoms with E-state index in [1.54, 1.807) is 11.3 Å². The molecule has 13 heavy (non-hydrogen) atoms. The van der Waals surface area contributed by atoms with Crippen LogP contribution in [0.15, 0.2) is 11.4 Å². The summed E-state index contributed by atoms with van der Waals surface area (Å²) in [4.78, 5) is 1.10. The molecular formula is C9H9BrClFS. The number of alkyl halides is 2. The Balaban J connectivity index is 2.24. The van der Waals surface area contributed by atoms with Gasteiger partial charge in [-0.25, -0.2) is 4.39 Å². The summed E-state index contributed by atoms with van der Waals surface area (Å²) in [6, 6.07) is 1.86. The van der Waals surface area contributed by atoms with E-state index in [0.29, 0.717) is 6.42 Å². The summed E-state index contributed by atoms with van der Waals surface area (Å²) in [7, 11) is 0. The summed E-state index contributed by atoms with van der Waals surface area (Å²) in [5, 5.41) is 2.68. The van der Waals surface area contributed by atoms with Crippen LogP contribution >= 0.6 is 38.9 Å². The van der Waals surface area contributed by atoms with Gasteiger partial charge in [0.05, 0.1) is 9.85 Å². The van der Waals surface area contributed by atoms with Crippen molar-refractivity contribution in [1.82, 2.24) is 0 Å². The summed E-state index contributed by atoms with van der Waals surface area (Å²) >= 11 is 11.1. The van der Waals surface area contributed by atoms with E-state index in [4.69, 9.17) is 11.6 Å².